The first kappa shape index (κ1) is 15.4. The zero-order valence-electron chi connectivity index (χ0n) is 12.7. The van der Waals surface area contributed by atoms with Crippen molar-refractivity contribution < 1.29 is 8.42 Å². The number of nitrogens with zero attached hydrogens (tertiary/aromatic N) is 2. The van der Waals surface area contributed by atoms with Gasteiger partial charge >= 0.3 is 0 Å². The third-order valence-electron chi connectivity index (χ3n) is 3.52. The van der Waals surface area contributed by atoms with Crippen molar-refractivity contribution in [2.45, 2.75) is 18.7 Å². The van der Waals surface area contributed by atoms with Crippen molar-refractivity contribution in [1.82, 2.24) is 15.0 Å². The topological polar surface area (TPSA) is 84.0 Å². The minimum Gasteiger partial charge on any atom is -0.306 e. The van der Waals surface area contributed by atoms with Crippen LogP contribution in [0.2, 0.25) is 0 Å². The molecule has 0 amide bonds. The van der Waals surface area contributed by atoms with Crippen molar-refractivity contribution in [3.8, 4) is 0 Å². The Hall–Kier alpha value is -2.51. The number of aromatic nitrogens is 2. The molecule has 23 heavy (non-hydrogen) atoms. The maximum Gasteiger partial charge on any atom is 0.257 e. The van der Waals surface area contributed by atoms with E-state index in [1.807, 2.05) is 32.0 Å². The number of anilines is 1. The summed E-state index contributed by atoms with van der Waals surface area (Å²) >= 11 is 0. The third-order valence-corrected chi connectivity index (χ3v) is 4.79. The fourth-order valence-electron chi connectivity index (χ4n) is 2.22. The summed E-state index contributed by atoms with van der Waals surface area (Å²) in [5, 5.41) is 8.80. The highest BCUT2D eigenvalue weighted by molar-refractivity contribution is 7.89. The van der Waals surface area contributed by atoms with Gasteiger partial charge in [-0.1, -0.05) is 35.9 Å². The minimum absolute atomic E-state index is 0.193. The number of nitrogens with one attached hydrogen (secondary N) is 2. The first-order valence-electron chi connectivity index (χ1n) is 7.03. The molecule has 0 aliphatic rings. The van der Waals surface area contributed by atoms with Gasteiger partial charge in [-0.3, -0.25) is 0 Å². The number of aryl methyl sites for hydroxylation is 2. The van der Waals surface area contributed by atoms with Gasteiger partial charge in [0.25, 0.3) is 10.0 Å². The molecule has 0 saturated carbocycles. The number of rotatable bonds is 4. The molecule has 0 spiro atoms. The Labute approximate surface area is 134 Å². The van der Waals surface area contributed by atoms with Crippen LogP contribution in [0, 0.1) is 13.8 Å². The van der Waals surface area contributed by atoms with E-state index < -0.39 is 10.0 Å². The maximum absolute atomic E-state index is 12.3. The zero-order valence-corrected chi connectivity index (χ0v) is 13.6. The number of hydrazine groups is 1. The first-order valence-corrected chi connectivity index (χ1v) is 8.51. The molecule has 0 radical (unpaired) electrons. The van der Waals surface area contributed by atoms with E-state index in [2.05, 4.69) is 20.5 Å². The van der Waals surface area contributed by atoms with Crippen molar-refractivity contribution in [2.24, 2.45) is 0 Å². The maximum atomic E-state index is 12.3. The van der Waals surface area contributed by atoms with Gasteiger partial charge in [0.2, 0.25) is 0 Å². The molecule has 3 rings (SSSR count). The lowest BCUT2D eigenvalue weighted by molar-refractivity contribution is 0.588. The van der Waals surface area contributed by atoms with Crippen molar-refractivity contribution in [3.63, 3.8) is 0 Å². The molecule has 118 valence electrons. The van der Waals surface area contributed by atoms with Crippen LogP contribution in [0.25, 0.3) is 10.9 Å². The van der Waals surface area contributed by atoms with Crippen molar-refractivity contribution in [2.75, 3.05) is 5.43 Å². The summed E-state index contributed by atoms with van der Waals surface area (Å²) < 4.78 is 24.6. The van der Waals surface area contributed by atoms with E-state index in [9.17, 15) is 8.42 Å². The molecule has 1 aromatic heterocycles. The predicted molar refractivity (Wildman–Crippen MR) is 89.4 cm³/mol. The van der Waals surface area contributed by atoms with Gasteiger partial charge in [-0.05, 0) is 31.5 Å². The van der Waals surface area contributed by atoms with Crippen LogP contribution >= 0.6 is 0 Å². The molecule has 1 heterocycles. The number of hydrogen-bond acceptors (Lipinski definition) is 5. The highest BCUT2D eigenvalue weighted by Gasteiger charge is 2.14. The molecule has 2 N–H and O–H groups in total. The molecule has 3 aromatic rings. The Morgan fingerprint density at radius 3 is 2.48 bits per heavy atom. The largest absolute Gasteiger partial charge is 0.306 e. The summed E-state index contributed by atoms with van der Waals surface area (Å²) in [6, 6.07) is 12.3. The van der Waals surface area contributed by atoms with Crippen molar-refractivity contribution in [3.05, 3.63) is 59.8 Å². The summed E-state index contributed by atoms with van der Waals surface area (Å²) in [6.45, 7) is 3.83. The number of sulfonamides is 1. The van der Waals surface area contributed by atoms with E-state index in [1.54, 1.807) is 24.3 Å². The van der Waals surface area contributed by atoms with Crippen LogP contribution in [-0.4, -0.2) is 18.6 Å². The van der Waals surface area contributed by atoms with Gasteiger partial charge in [-0.25, -0.2) is 8.42 Å². The Bertz CT molecular complexity index is 953. The number of fused-ring (bicyclic) bond motifs is 1. The van der Waals surface area contributed by atoms with Crippen LogP contribution in [0.3, 0.4) is 0 Å². The molecule has 0 saturated heterocycles. The molecule has 0 aliphatic carbocycles. The van der Waals surface area contributed by atoms with Crippen LogP contribution in [0.4, 0.5) is 5.69 Å². The minimum atomic E-state index is -3.66. The SMILES string of the molecule is Cc1ccc(S(=O)(=O)NNc2cnnc3c(C)cccc23)cc1. The van der Waals surface area contributed by atoms with E-state index in [-0.39, 0.29) is 4.90 Å². The summed E-state index contributed by atoms with van der Waals surface area (Å²) in [5.74, 6) is 0. The molecule has 6 nitrogen and oxygen atoms in total. The van der Waals surface area contributed by atoms with Gasteiger partial charge in [0.1, 0.15) is 0 Å². The highest BCUT2D eigenvalue weighted by atomic mass is 32.2. The molecular formula is C16H16N4O2S. The Kier molecular flexibility index (Phi) is 3.97. The fraction of sp³-hybridized carbons (Fsp3) is 0.125. The molecule has 0 fully saturated rings. The molecule has 0 atom stereocenters. The molecule has 0 bridgehead atoms. The van der Waals surface area contributed by atoms with Gasteiger partial charge in [0.05, 0.1) is 22.3 Å². The first-order chi connectivity index (χ1) is 11.0. The molecule has 7 heteroatoms. The highest BCUT2D eigenvalue weighted by Crippen LogP contribution is 2.22. The average molecular weight is 328 g/mol. The van der Waals surface area contributed by atoms with E-state index in [0.29, 0.717) is 5.69 Å². The molecule has 2 aromatic carbocycles. The van der Waals surface area contributed by atoms with Gasteiger partial charge in [-0.2, -0.15) is 10.2 Å². The predicted octanol–water partition coefficient (Wildman–Crippen LogP) is 2.55. The third kappa shape index (κ3) is 3.15. The zero-order chi connectivity index (χ0) is 16.4. The second-order valence-corrected chi connectivity index (χ2v) is 6.96. The Morgan fingerprint density at radius 2 is 1.74 bits per heavy atom. The van der Waals surface area contributed by atoms with Crippen LogP contribution in [0.5, 0.6) is 0 Å². The number of benzene rings is 2. The normalized spacial score (nSPS) is 11.6. The fourth-order valence-corrected chi connectivity index (χ4v) is 3.08. The van der Waals surface area contributed by atoms with E-state index in [4.69, 9.17) is 0 Å². The Balaban J connectivity index is 1.89. The summed E-state index contributed by atoms with van der Waals surface area (Å²) in [5.41, 5.74) is 5.98. The van der Waals surface area contributed by atoms with Gasteiger partial charge < -0.3 is 5.43 Å². The number of hydrogen-bond donors (Lipinski definition) is 2. The lowest BCUT2D eigenvalue weighted by Gasteiger charge is -2.11. The van der Waals surface area contributed by atoms with E-state index in [1.165, 1.54) is 6.20 Å². The monoisotopic (exact) mass is 328 g/mol. The van der Waals surface area contributed by atoms with Gasteiger partial charge in [0, 0.05) is 5.39 Å². The summed E-state index contributed by atoms with van der Waals surface area (Å²) in [7, 11) is -3.66. The lowest BCUT2D eigenvalue weighted by Crippen LogP contribution is -2.29. The van der Waals surface area contributed by atoms with Crippen LogP contribution in [-0.2, 0) is 10.0 Å². The smallest absolute Gasteiger partial charge is 0.257 e. The van der Waals surface area contributed by atoms with Crippen LogP contribution < -0.4 is 10.3 Å². The van der Waals surface area contributed by atoms with Gasteiger partial charge in [-0.15, -0.1) is 4.83 Å². The van der Waals surface area contributed by atoms with Crippen molar-refractivity contribution in [1.29, 1.82) is 0 Å². The summed E-state index contributed by atoms with van der Waals surface area (Å²) in [4.78, 5) is 2.57. The lowest BCUT2D eigenvalue weighted by atomic mass is 10.1. The molecule has 0 aliphatic heterocycles. The van der Waals surface area contributed by atoms with Crippen LogP contribution in [0.15, 0.2) is 53.6 Å². The summed E-state index contributed by atoms with van der Waals surface area (Å²) in [6.07, 6.45) is 1.49. The van der Waals surface area contributed by atoms with Crippen molar-refractivity contribution >= 4 is 26.6 Å². The Morgan fingerprint density at radius 1 is 1.00 bits per heavy atom. The molecular weight excluding hydrogens is 312 g/mol. The average Bonchev–Trinajstić information content (AvgIpc) is 2.54. The standard InChI is InChI=1S/C16H16N4O2S/c1-11-6-8-13(9-7-11)23(21,22)20-18-15-10-17-19-16-12(2)4-3-5-14(15)16/h3-10,20H,1-2H3,(H,18,19). The second kappa shape index (κ2) is 5.94. The van der Waals surface area contributed by atoms with Gasteiger partial charge in [0.15, 0.2) is 0 Å². The van der Waals surface area contributed by atoms with E-state index in [0.717, 1.165) is 22.0 Å². The molecule has 0 unspecified atom stereocenters. The second-order valence-electron chi connectivity index (χ2n) is 5.27. The van der Waals surface area contributed by atoms with E-state index >= 15 is 0 Å². The van der Waals surface area contributed by atoms with Crippen LogP contribution in [0.1, 0.15) is 11.1 Å². The quantitative estimate of drug-likeness (QED) is 0.719.